The summed E-state index contributed by atoms with van der Waals surface area (Å²) in [6.45, 7) is 3.45. The van der Waals surface area contributed by atoms with Crippen LogP contribution in [0.4, 0.5) is 0 Å². The van der Waals surface area contributed by atoms with Crippen LogP contribution in [0, 0.1) is 0 Å². The van der Waals surface area contributed by atoms with Crippen molar-refractivity contribution in [2.24, 2.45) is 0 Å². The lowest BCUT2D eigenvalue weighted by molar-refractivity contribution is -0.379. The number of methoxy groups -OCH3 is 4. The molecule has 3 heterocycles. The van der Waals surface area contributed by atoms with Crippen molar-refractivity contribution in [1.29, 1.82) is 0 Å². The summed E-state index contributed by atoms with van der Waals surface area (Å²) in [5, 5.41) is 64.4. The van der Waals surface area contributed by atoms with Crippen LogP contribution in [0.25, 0.3) is 0 Å². The summed E-state index contributed by atoms with van der Waals surface area (Å²) in [5.41, 5.74) is 0.868. The van der Waals surface area contributed by atoms with Crippen LogP contribution in [-0.4, -0.2) is 178 Å². The van der Waals surface area contributed by atoms with E-state index in [1.165, 1.54) is 47.0 Å². The molecule has 0 aliphatic carbocycles. The third-order valence-corrected chi connectivity index (χ3v) is 7.61. The van der Waals surface area contributed by atoms with Crippen LogP contribution in [-0.2, 0) is 52.1 Å². The van der Waals surface area contributed by atoms with Gasteiger partial charge in [-0.3, -0.25) is 0 Å². The molecule has 15 atom stereocenters. The predicted molar refractivity (Wildman–Crippen MR) is 154 cm³/mol. The van der Waals surface area contributed by atoms with Crippen molar-refractivity contribution in [2.75, 3.05) is 54.9 Å². The summed E-state index contributed by atoms with van der Waals surface area (Å²) in [4.78, 5) is 0. The largest absolute Gasteiger partial charge is 0.498 e. The predicted octanol–water partition coefficient (Wildman–Crippen LogP) is -2.48. The van der Waals surface area contributed by atoms with Gasteiger partial charge >= 0.3 is 0 Å². The molecule has 0 amide bonds. The van der Waals surface area contributed by atoms with Crippen molar-refractivity contribution < 1.29 is 82.7 Å². The summed E-state index contributed by atoms with van der Waals surface area (Å²) in [6, 6.07) is 0. The summed E-state index contributed by atoms with van der Waals surface area (Å²) in [6.07, 6.45) is -16.1. The normalized spacial score (nSPS) is 41.8. The second-order valence-electron chi connectivity index (χ2n) is 11.4. The summed E-state index contributed by atoms with van der Waals surface area (Å²) in [5.74, 6) is 0. The molecule has 6 N–H and O–H groups in total. The van der Waals surface area contributed by atoms with Crippen molar-refractivity contribution in [3.63, 3.8) is 0 Å². The van der Waals surface area contributed by atoms with Crippen molar-refractivity contribution >= 4 is 0 Å². The quantitative estimate of drug-likeness (QED) is 0.0936. The molecule has 3 aliphatic heterocycles. The molecule has 0 saturated carbocycles. The highest BCUT2D eigenvalue weighted by Crippen LogP contribution is 2.34. The molecule has 0 radical (unpaired) electrons. The fourth-order valence-corrected chi connectivity index (χ4v) is 5.31. The molecule has 6 unspecified atom stereocenters. The van der Waals surface area contributed by atoms with Crippen molar-refractivity contribution in [2.45, 2.75) is 106 Å². The first-order valence-corrected chi connectivity index (χ1v) is 14.9. The first-order chi connectivity index (χ1) is 22.0. The van der Waals surface area contributed by atoms with Gasteiger partial charge in [0, 0.05) is 28.4 Å². The third-order valence-electron chi connectivity index (χ3n) is 7.61. The van der Waals surface area contributed by atoms with E-state index in [1.807, 2.05) is 13.8 Å². The maximum Gasteiger partial charge on any atom is 0.198 e. The molecule has 3 fully saturated rings. The Kier molecular flexibility index (Phi) is 16.0. The smallest absolute Gasteiger partial charge is 0.198 e. The van der Waals surface area contributed by atoms with Crippen LogP contribution in [0.15, 0.2) is 24.2 Å². The van der Waals surface area contributed by atoms with Gasteiger partial charge in [0.15, 0.2) is 25.0 Å². The number of aliphatic hydroxyl groups is 6. The first kappa shape index (κ1) is 38.9. The minimum absolute atomic E-state index is 0.119. The lowest BCUT2D eigenvalue weighted by Gasteiger charge is -2.49. The van der Waals surface area contributed by atoms with Gasteiger partial charge in [0.05, 0.1) is 32.3 Å². The molecule has 17 nitrogen and oxygen atoms in total. The molecule has 3 rings (SSSR count). The monoisotopic (exact) mass is 670 g/mol. The molecule has 17 heteroatoms. The van der Waals surface area contributed by atoms with Crippen molar-refractivity contribution in [3.05, 3.63) is 24.2 Å². The lowest BCUT2D eigenvalue weighted by Crippen LogP contribution is -2.67. The molecule has 0 spiro atoms. The van der Waals surface area contributed by atoms with E-state index in [4.69, 9.17) is 52.1 Å². The average Bonchev–Trinajstić information content (AvgIpc) is 3.01. The molecule has 0 bridgehead atoms. The van der Waals surface area contributed by atoms with Gasteiger partial charge in [0.2, 0.25) is 0 Å². The van der Waals surface area contributed by atoms with E-state index in [2.05, 4.69) is 0 Å². The number of hydrogen-bond acceptors (Lipinski definition) is 17. The Morgan fingerprint density at radius 2 is 1.17 bits per heavy atom. The van der Waals surface area contributed by atoms with Gasteiger partial charge in [-0.1, -0.05) is 0 Å². The van der Waals surface area contributed by atoms with Gasteiger partial charge < -0.3 is 82.7 Å². The molecule has 0 aromatic carbocycles. The number of hydrogen-bond donors (Lipinski definition) is 6. The third kappa shape index (κ3) is 9.77. The fraction of sp³-hybridized carbons (Fsp3) is 0.862. The Hall–Kier alpha value is -1.52. The van der Waals surface area contributed by atoms with E-state index in [0.717, 1.165) is 5.57 Å². The summed E-state index contributed by atoms with van der Waals surface area (Å²) < 4.78 is 62.0. The Bertz CT molecular complexity index is 933. The van der Waals surface area contributed by atoms with E-state index in [1.54, 1.807) is 0 Å². The van der Waals surface area contributed by atoms with E-state index in [9.17, 15) is 30.6 Å². The Labute approximate surface area is 268 Å². The van der Waals surface area contributed by atoms with E-state index < -0.39 is 92.1 Å². The van der Waals surface area contributed by atoms with E-state index in [0.29, 0.717) is 0 Å². The van der Waals surface area contributed by atoms with Crippen LogP contribution in [0.5, 0.6) is 0 Å². The lowest BCUT2D eigenvalue weighted by atomic mass is 9.96. The first-order valence-electron chi connectivity index (χ1n) is 14.9. The van der Waals surface area contributed by atoms with Gasteiger partial charge in [-0.25, -0.2) is 0 Å². The van der Waals surface area contributed by atoms with Crippen LogP contribution in [0.3, 0.4) is 0 Å². The van der Waals surface area contributed by atoms with E-state index in [-0.39, 0.29) is 26.4 Å². The molecule has 268 valence electrons. The second-order valence-corrected chi connectivity index (χ2v) is 11.4. The molecule has 46 heavy (non-hydrogen) atoms. The van der Waals surface area contributed by atoms with Gasteiger partial charge in [-0.15, -0.1) is 0 Å². The van der Waals surface area contributed by atoms with E-state index >= 15 is 0 Å². The van der Waals surface area contributed by atoms with Gasteiger partial charge in [-0.05, 0) is 25.5 Å². The standard InChI is InChI=1S/C29H50O17/c1-14(2)10-40-13-15-18(30)19(31)25(39-6)28(43-15)46-24-17(12-38-5)44-29(26(22(24)34)41-9-7-8-36-3)45-23-16(11-37-4)42-27(35)21(33)20(23)32/h7,9-10,15-35H,8,11-13H2,1-6H3/t15-,16-,17?,18+,19?,20?,21?,22?,23+,24+,25?,26-,27+,28-,29-/m0/s1. The minimum atomic E-state index is -1.72. The Morgan fingerprint density at radius 3 is 1.76 bits per heavy atom. The van der Waals surface area contributed by atoms with Crippen LogP contribution in [0.1, 0.15) is 13.8 Å². The minimum Gasteiger partial charge on any atom is -0.498 e. The van der Waals surface area contributed by atoms with Crippen LogP contribution >= 0.6 is 0 Å². The molecule has 0 aromatic heterocycles. The molecule has 3 aliphatic rings. The maximum absolute atomic E-state index is 11.7. The van der Waals surface area contributed by atoms with Crippen LogP contribution in [0.2, 0.25) is 0 Å². The molecular weight excluding hydrogens is 620 g/mol. The Morgan fingerprint density at radius 1 is 0.609 bits per heavy atom. The maximum atomic E-state index is 11.7. The SMILES string of the molecule is COCC=CO[C@H]1C(O)[C@H](O[C@@H]2O[C@@H](COC=C(C)C)[C@@H](O)C(O)C2OC)C(COC)O[C@H]1O[C@H]1C(O)C(O)[C@H](O)O[C@H]1COC. The highest BCUT2D eigenvalue weighted by atomic mass is 16.8. The zero-order valence-electron chi connectivity index (χ0n) is 26.9. The number of ether oxygens (including phenoxy) is 11. The molecule has 0 aromatic rings. The topological polar surface area (TPSA) is 223 Å². The highest BCUT2D eigenvalue weighted by Gasteiger charge is 2.54. The molecule has 3 saturated heterocycles. The zero-order chi connectivity index (χ0) is 34.0. The number of rotatable bonds is 16. The average molecular weight is 671 g/mol. The summed E-state index contributed by atoms with van der Waals surface area (Å²) in [7, 11) is 5.56. The Balaban J connectivity index is 1.90. The van der Waals surface area contributed by atoms with Crippen molar-refractivity contribution in [1.82, 2.24) is 0 Å². The van der Waals surface area contributed by atoms with Gasteiger partial charge in [0.1, 0.15) is 73.8 Å². The molecular formula is C29H50O17. The van der Waals surface area contributed by atoms with Crippen molar-refractivity contribution in [3.8, 4) is 0 Å². The fourth-order valence-electron chi connectivity index (χ4n) is 5.31. The van der Waals surface area contributed by atoms with Gasteiger partial charge in [-0.2, -0.15) is 0 Å². The highest BCUT2D eigenvalue weighted by molar-refractivity contribution is 4.98. The number of aliphatic hydroxyl groups excluding tert-OH is 6. The van der Waals surface area contributed by atoms with Crippen LogP contribution < -0.4 is 0 Å². The zero-order valence-corrected chi connectivity index (χ0v) is 26.9. The second kappa shape index (κ2) is 18.9. The van der Waals surface area contributed by atoms with Gasteiger partial charge in [0.25, 0.3) is 0 Å². The number of allylic oxidation sites excluding steroid dienone is 1. The summed E-state index contributed by atoms with van der Waals surface area (Å²) >= 11 is 0.